The maximum Gasteiger partial charge on any atom is 0.304 e. The number of hydrogen-bond donors (Lipinski definition) is 1. The van der Waals surface area contributed by atoms with Gasteiger partial charge in [-0.05, 0) is 114 Å². The molecule has 0 aliphatic heterocycles. The fourth-order valence-corrected chi connectivity index (χ4v) is 9.68. The van der Waals surface area contributed by atoms with Gasteiger partial charge in [0.1, 0.15) is 21.7 Å². The van der Waals surface area contributed by atoms with Gasteiger partial charge < -0.3 is 0 Å². The summed E-state index contributed by atoms with van der Waals surface area (Å²) >= 11 is 3.64. The predicted octanol–water partition coefficient (Wildman–Crippen LogP) is 9.22. The van der Waals surface area contributed by atoms with Crippen LogP contribution >= 0.6 is 44.7 Å². The minimum Gasteiger partial charge on any atom is -0.281 e. The zero-order valence-corrected chi connectivity index (χ0v) is 26.2. The van der Waals surface area contributed by atoms with Crippen LogP contribution in [-0.2, 0) is 19.2 Å². The van der Waals surface area contributed by atoms with Crippen LogP contribution in [-0.4, -0.2) is 21.4 Å². The minimum atomic E-state index is -4.21. The summed E-state index contributed by atoms with van der Waals surface area (Å²) < 4.78 is 94.3. The first-order valence-electron chi connectivity index (χ1n) is 11.5. The number of halogens is 4. The predicted molar refractivity (Wildman–Crippen MR) is 162 cm³/mol. The second-order valence-electron chi connectivity index (χ2n) is 8.78. The van der Waals surface area contributed by atoms with Crippen molar-refractivity contribution in [2.45, 2.75) is 29.2 Å². The lowest BCUT2D eigenvalue weighted by atomic mass is 10.2. The van der Waals surface area contributed by atoms with E-state index in [2.05, 4.69) is 0 Å². The van der Waals surface area contributed by atoms with Crippen molar-refractivity contribution in [3.05, 3.63) is 94.1 Å². The number of fused-ring (bicyclic) bond motifs is 3. The van der Waals surface area contributed by atoms with Gasteiger partial charge in [0, 0.05) is 24.8 Å². The molecule has 41 heavy (non-hydrogen) atoms. The first kappa shape index (κ1) is 31.4. The molecule has 3 heterocycles. The molecule has 0 fully saturated rings. The van der Waals surface area contributed by atoms with Gasteiger partial charge in [0.15, 0.2) is 4.21 Å². The Balaban J connectivity index is 0.000000144. The topological polar surface area (TPSA) is 88.5 Å². The minimum absolute atomic E-state index is 0.0877. The fourth-order valence-electron chi connectivity index (χ4n) is 3.95. The van der Waals surface area contributed by atoms with Gasteiger partial charge in [-0.2, -0.15) is 8.42 Å². The summed E-state index contributed by atoms with van der Waals surface area (Å²) in [5, 5.41) is 4.20. The zero-order chi connectivity index (χ0) is 30.3. The molecule has 0 bridgehead atoms. The Morgan fingerprint density at radius 2 is 1.07 bits per heavy atom. The van der Waals surface area contributed by atoms with Crippen LogP contribution in [0.3, 0.4) is 0 Å². The van der Waals surface area contributed by atoms with Crippen molar-refractivity contribution in [1.82, 2.24) is 0 Å². The van der Waals surface area contributed by atoms with E-state index in [0.717, 1.165) is 38.3 Å². The number of thiophene rings is 3. The fraction of sp³-hybridized carbons (Fsp3) is 0.111. The third-order valence-electron chi connectivity index (χ3n) is 5.89. The molecule has 0 amide bonds. The van der Waals surface area contributed by atoms with Gasteiger partial charge in [0.05, 0.1) is 0 Å². The monoisotopic (exact) mass is 676 g/mol. The Labute approximate surface area is 250 Å². The molecule has 3 aromatic carbocycles. The van der Waals surface area contributed by atoms with Crippen molar-refractivity contribution in [2.75, 3.05) is 0 Å². The van der Waals surface area contributed by atoms with Crippen LogP contribution in [0.5, 0.6) is 0 Å². The average molecular weight is 677 g/mol. The van der Waals surface area contributed by atoms with Crippen LogP contribution in [0.4, 0.5) is 13.2 Å². The van der Waals surface area contributed by atoms with Crippen LogP contribution in [0.25, 0.3) is 30.3 Å². The number of rotatable bonds is 2. The normalized spacial score (nSPS) is 11.8. The van der Waals surface area contributed by atoms with Crippen molar-refractivity contribution in [3.8, 4) is 0 Å². The molecule has 0 radical (unpaired) electrons. The summed E-state index contributed by atoms with van der Waals surface area (Å²) in [6.45, 7) is 5.16. The van der Waals surface area contributed by atoms with E-state index >= 15 is 0 Å². The lowest BCUT2D eigenvalue weighted by molar-refractivity contribution is 0.485. The molecule has 216 valence electrons. The Morgan fingerprint density at radius 1 is 0.659 bits per heavy atom. The first-order chi connectivity index (χ1) is 19.1. The molecule has 5 nitrogen and oxygen atoms in total. The lowest BCUT2D eigenvalue weighted by Gasteiger charge is -1.93. The van der Waals surface area contributed by atoms with E-state index in [1.807, 2.05) is 18.4 Å². The summed E-state index contributed by atoms with van der Waals surface area (Å²) in [4.78, 5) is 0. The molecule has 14 heteroatoms. The molecule has 6 aromatic rings. The van der Waals surface area contributed by atoms with E-state index in [0.29, 0.717) is 31.3 Å². The number of benzene rings is 3. The Morgan fingerprint density at radius 3 is 1.54 bits per heavy atom. The zero-order valence-electron chi connectivity index (χ0n) is 21.4. The SMILES string of the molecule is Cc1c(S(=O)(=O)Cl)sc2ccc(F)cc12.Cc1c(S(=O)(=O)O)sc2ccc(F)cc12.Cc1csc2ccc(F)cc12. The number of hydrogen-bond acceptors (Lipinski definition) is 7. The second kappa shape index (κ2) is 12.0. The van der Waals surface area contributed by atoms with Gasteiger partial charge in [0.25, 0.3) is 9.05 Å². The van der Waals surface area contributed by atoms with Crippen molar-refractivity contribution in [2.24, 2.45) is 0 Å². The van der Waals surface area contributed by atoms with Crippen LogP contribution in [0.1, 0.15) is 16.7 Å². The molecule has 0 aliphatic rings. The third-order valence-corrected chi connectivity index (χ3v) is 13.2. The Hall–Kier alpha value is -2.52. The second-order valence-corrected chi connectivity index (χ2v) is 16.2. The van der Waals surface area contributed by atoms with Gasteiger partial charge in [-0.1, -0.05) is 0 Å². The molecular weight excluding hydrogens is 657 g/mol. The molecule has 0 spiro atoms. The molecule has 0 atom stereocenters. The molecule has 1 N–H and O–H groups in total. The van der Waals surface area contributed by atoms with Crippen LogP contribution in [0, 0.1) is 38.2 Å². The quantitative estimate of drug-likeness (QED) is 0.146. The standard InChI is InChI=1S/C9H6ClFO2S2.C9H7FO3S2.C9H7FS/c1-5-7-4-6(11)2-3-8(7)14-9(5)15(10,12)13;1-5-7-4-6(10)2-3-8(7)14-9(5)15(11,12)13;1-6-5-11-9-3-2-7(10)4-8(6)9/h2-4H,1H3;2-4H,1H3,(H,11,12,13);2-5H,1H3. The van der Waals surface area contributed by atoms with Crippen LogP contribution in [0.2, 0.25) is 0 Å². The molecule has 0 unspecified atom stereocenters. The summed E-state index contributed by atoms with van der Waals surface area (Å²) in [5.41, 5.74) is 2.05. The van der Waals surface area contributed by atoms with E-state index in [4.69, 9.17) is 15.2 Å². The van der Waals surface area contributed by atoms with Crippen molar-refractivity contribution in [3.63, 3.8) is 0 Å². The Bertz CT molecular complexity index is 2020. The Kier molecular flexibility index (Phi) is 9.19. The van der Waals surface area contributed by atoms with E-state index in [1.165, 1.54) is 36.4 Å². The summed E-state index contributed by atoms with van der Waals surface area (Å²) in [6, 6.07) is 13.1. The molecule has 3 aromatic heterocycles. The molecule has 0 saturated carbocycles. The van der Waals surface area contributed by atoms with Crippen LogP contribution in [0.15, 0.2) is 68.4 Å². The highest BCUT2D eigenvalue weighted by Gasteiger charge is 2.20. The molecule has 6 rings (SSSR count). The van der Waals surface area contributed by atoms with Gasteiger partial charge in [0.2, 0.25) is 0 Å². The van der Waals surface area contributed by atoms with Gasteiger partial charge >= 0.3 is 10.1 Å². The van der Waals surface area contributed by atoms with Crippen molar-refractivity contribution >= 4 is 94.1 Å². The van der Waals surface area contributed by atoms with Gasteiger partial charge in [-0.25, -0.2) is 21.6 Å². The highest BCUT2D eigenvalue weighted by Crippen LogP contribution is 2.36. The lowest BCUT2D eigenvalue weighted by Crippen LogP contribution is -1.96. The van der Waals surface area contributed by atoms with Crippen LogP contribution < -0.4 is 0 Å². The van der Waals surface area contributed by atoms with E-state index < -0.39 is 25.0 Å². The maximum absolute atomic E-state index is 12.9. The van der Waals surface area contributed by atoms with Crippen molar-refractivity contribution < 1.29 is 34.6 Å². The summed E-state index contributed by atoms with van der Waals surface area (Å²) in [7, 11) is -2.69. The summed E-state index contributed by atoms with van der Waals surface area (Å²) in [6.07, 6.45) is 0. The summed E-state index contributed by atoms with van der Waals surface area (Å²) in [5.74, 6) is -0.966. The van der Waals surface area contributed by atoms with E-state index in [-0.39, 0.29) is 20.1 Å². The first-order valence-corrected chi connectivity index (χ1v) is 17.7. The molecular formula is C27H20ClF3O5S5. The highest BCUT2D eigenvalue weighted by atomic mass is 35.7. The van der Waals surface area contributed by atoms with E-state index in [1.54, 1.807) is 37.3 Å². The largest absolute Gasteiger partial charge is 0.304 e. The molecule has 0 aliphatic carbocycles. The maximum atomic E-state index is 12.9. The number of aryl methyl sites for hydroxylation is 3. The van der Waals surface area contributed by atoms with E-state index in [9.17, 15) is 30.0 Å². The average Bonchev–Trinajstić information content (AvgIpc) is 3.53. The molecule has 0 saturated heterocycles. The van der Waals surface area contributed by atoms with Crippen molar-refractivity contribution in [1.29, 1.82) is 0 Å². The van der Waals surface area contributed by atoms with Gasteiger partial charge in [-0.15, -0.1) is 34.0 Å². The third kappa shape index (κ3) is 7.11. The smallest absolute Gasteiger partial charge is 0.281 e. The highest BCUT2D eigenvalue weighted by molar-refractivity contribution is 8.15. The van der Waals surface area contributed by atoms with Gasteiger partial charge in [-0.3, -0.25) is 4.55 Å².